The van der Waals surface area contributed by atoms with Crippen molar-refractivity contribution in [3.8, 4) is 0 Å². The van der Waals surface area contributed by atoms with E-state index in [1.165, 1.54) is 11.1 Å². The second kappa shape index (κ2) is 11.1. The molecule has 1 aliphatic rings. The Morgan fingerprint density at radius 1 is 1.09 bits per heavy atom. The molecule has 2 heterocycles. The molecule has 0 amide bonds. The first kappa shape index (κ1) is 22.3. The van der Waals surface area contributed by atoms with Gasteiger partial charge in [-0.3, -0.25) is 4.90 Å². The fraction of sp³-hybridized carbons (Fsp3) is 0.346. The van der Waals surface area contributed by atoms with Crippen molar-refractivity contribution < 1.29 is 19.1 Å². The molecule has 0 saturated heterocycles. The zero-order chi connectivity index (χ0) is 22.2. The molecule has 2 aromatic carbocycles. The summed E-state index contributed by atoms with van der Waals surface area (Å²) in [5.41, 5.74) is 4.50. The van der Waals surface area contributed by atoms with Gasteiger partial charge in [-0.2, -0.15) is 0 Å². The monoisotopic (exact) mass is 434 g/mol. The van der Waals surface area contributed by atoms with Crippen LogP contribution in [-0.2, 0) is 22.7 Å². The van der Waals surface area contributed by atoms with Crippen LogP contribution in [0.4, 0.5) is 0 Å². The van der Waals surface area contributed by atoms with E-state index in [1.54, 1.807) is 6.26 Å². The first-order chi connectivity index (χ1) is 15.7. The first-order valence-corrected chi connectivity index (χ1v) is 11.0. The van der Waals surface area contributed by atoms with Gasteiger partial charge in [-0.05, 0) is 30.2 Å². The van der Waals surface area contributed by atoms with Crippen LogP contribution < -0.4 is 0 Å². The first-order valence-electron chi connectivity index (χ1n) is 11.0. The normalized spacial score (nSPS) is 16.7. The van der Waals surface area contributed by atoms with Gasteiger partial charge in [0, 0.05) is 31.6 Å². The Hall–Kier alpha value is -2.93. The van der Waals surface area contributed by atoms with Crippen LogP contribution in [0.5, 0.6) is 0 Å². The Kier molecular flexibility index (Phi) is 7.72. The zero-order valence-electron chi connectivity index (χ0n) is 18.4. The van der Waals surface area contributed by atoms with Crippen LogP contribution in [0.25, 0.3) is 0 Å². The molecule has 0 spiro atoms. The number of oxime groups is 1. The second-order valence-electron chi connectivity index (χ2n) is 8.21. The molecule has 4 rings (SSSR count). The lowest BCUT2D eigenvalue weighted by Gasteiger charge is -2.27. The number of aryl methyl sites for hydroxylation is 1. The Balaban J connectivity index is 1.33. The predicted octanol–water partition coefficient (Wildman–Crippen LogP) is 4.16. The summed E-state index contributed by atoms with van der Waals surface area (Å²) < 4.78 is 10.9. The van der Waals surface area contributed by atoms with Crippen molar-refractivity contribution in [2.24, 2.45) is 5.16 Å². The summed E-state index contributed by atoms with van der Waals surface area (Å²) in [5, 5.41) is 15.0. The maximum atomic E-state index is 10.6. The summed E-state index contributed by atoms with van der Waals surface area (Å²) in [4.78, 5) is 7.98. The van der Waals surface area contributed by atoms with Crippen LogP contribution in [0.3, 0.4) is 0 Å². The van der Waals surface area contributed by atoms with Crippen LogP contribution in [0, 0.1) is 6.92 Å². The largest absolute Gasteiger partial charge is 0.467 e. The molecule has 6 nitrogen and oxygen atoms in total. The van der Waals surface area contributed by atoms with E-state index in [2.05, 4.69) is 41.2 Å². The van der Waals surface area contributed by atoms with Crippen LogP contribution >= 0.6 is 0 Å². The molecule has 0 radical (unpaired) electrons. The minimum absolute atomic E-state index is 0.0513. The van der Waals surface area contributed by atoms with Crippen molar-refractivity contribution in [3.05, 3.63) is 95.4 Å². The highest BCUT2D eigenvalue weighted by atomic mass is 16.6. The lowest BCUT2D eigenvalue weighted by Crippen LogP contribution is -2.39. The molecule has 32 heavy (non-hydrogen) atoms. The van der Waals surface area contributed by atoms with Crippen molar-refractivity contribution in [3.63, 3.8) is 0 Å². The maximum absolute atomic E-state index is 10.6. The third-order valence-electron chi connectivity index (χ3n) is 5.50. The van der Waals surface area contributed by atoms with E-state index in [0.717, 1.165) is 30.0 Å². The fourth-order valence-corrected chi connectivity index (χ4v) is 3.96. The van der Waals surface area contributed by atoms with Crippen molar-refractivity contribution in [1.29, 1.82) is 0 Å². The topological polar surface area (TPSA) is 67.4 Å². The summed E-state index contributed by atoms with van der Waals surface area (Å²) in [7, 11) is 0. The SMILES string of the molecule is Cc1ccccc1C1=NO[C@@H](CN(Cc2ccccc2)C[C@@H](O)COCc2ccco2)C1. The molecule has 6 heteroatoms. The minimum Gasteiger partial charge on any atom is -0.467 e. The van der Waals surface area contributed by atoms with Crippen molar-refractivity contribution in [2.75, 3.05) is 19.7 Å². The van der Waals surface area contributed by atoms with Gasteiger partial charge in [0.1, 0.15) is 18.5 Å². The van der Waals surface area contributed by atoms with Gasteiger partial charge in [0.2, 0.25) is 0 Å². The Bertz CT molecular complexity index is 988. The summed E-state index contributed by atoms with van der Waals surface area (Å²) in [6, 6.07) is 22.2. The van der Waals surface area contributed by atoms with E-state index < -0.39 is 6.10 Å². The second-order valence-corrected chi connectivity index (χ2v) is 8.21. The summed E-state index contributed by atoms with van der Waals surface area (Å²) in [6.07, 6.45) is 1.70. The van der Waals surface area contributed by atoms with Crippen LogP contribution in [0.1, 0.15) is 28.9 Å². The maximum Gasteiger partial charge on any atom is 0.145 e. The van der Waals surface area contributed by atoms with Gasteiger partial charge in [-0.15, -0.1) is 0 Å². The van der Waals surface area contributed by atoms with E-state index in [1.807, 2.05) is 42.5 Å². The van der Waals surface area contributed by atoms with Crippen molar-refractivity contribution in [1.82, 2.24) is 4.90 Å². The Morgan fingerprint density at radius 2 is 1.91 bits per heavy atom. The van der Waals surface area contributed by atoms with Gasteiger partial charge in [0.15, 0.2) is 0 Å². The lowest BCUT2D eigenvalue weighted by atomic mass is 10.00. The molecular formula is C26H30N2O4. The number of aliphatic hydroxyl groups excluding tert-OH is 1. The van der Waals surface area contributed by atoms with Gasteiger partial charge in [0.05, 0.1) is 24.7 Å². The van der Waals surface area contributed by atoms with Gasteiger partial charge < -0.3 is 19.1 Å². The van der Waals surface area contributed by atoms with Gasteiger partial charge in [-0.1, -0.05) is 59.8 Å². The third-order valence-corrected chi connectivity index (χ3v) is 5.50. The Morgan fingerprint density at radius 3 is 2.69 bits per heavy atom. The van der Waals surface area contributed by atoms with E-state index in [9.17, 15) is 5.11 Å². The number of furan rings is 1. The van der Waals surface area contributed by atoms with Crippen LogP contribution in [0.2, 0.25) is 0 Å². The van der Waals surface area contributed by atoms with Crippen molar-refractivity contribution in [2.45, 2.75) is 38.7 Å². The highest BCUT2D eigenvalue weighted by Gasteiger charge is 2.26. The smallest absolute Gasteiger partial charge is 0.145 e. The van der Waals surface area contributed by atoms with E-state index in [4.69, 9.17) is 14.0 Å². The average Bonchev–Trinajstić information content (AvgIpc) is 3.47. The molecule has 1 N–H and O–H groups in total. The predicted molar refractivity (Wildman–Crippen MR) is 123 cm³/mol. The quantitative estimate of drug-likeness (QED) is 0.491. The van der Waals surface area contributed by atoms with Crippen molar-refractivity contribution >= 4 is 5.71 Å². The summed E-state index contributed by atoms with van der Waals surface area (Å²) in [6.45, 7) is 4.54. The summed E-state index contributed by atoms with van der Waals surface area (Å²) >= 11 is 0. The number of ether oxygens (including phenoxy) is 1. The number of aliphatic hydroxyl groups is 1. The summed E-state index contributed by atoms with van der Waals surface area (Å²) in [5.74, 6) is 0.749. The number of hydrogen-bond donors (Lipinski definition) is 1. The zero-order valence-corrected chi connectivity index (χ0v) is 18.4. The Labute approximate surface area is 189 Å². The van der Waals surface area contributed by atoms with Crippen LogP contribution in [-0.4, -0.2) is 47.6 Å². The molecule has 0 saturated carbocycles. The molecule has 1 aliphatic heterocycles. The number of benzene rings is 2. The highest BCUT2D eigenvalue weighted by Crippen LogP contribution is 2.21. The molecule has 1 aromatic heterocycles. The number of hydrogen-bond acceptors (Lipinski definition) is 6. The van der Waals surface area contributed by atoms with E-state index in [0.29, 0.717) is 19.7 Å². The van der Waals surface area contributed by atoms with Crippen LogP contribution in [0.15, 0.2) is 82.6 Å². The highest BCUT2D eigenvalue weighted by molar-refractivity contribution is 6.02. The molecule has 168 valence electrons. The molecule has 0 bridgehead atoms. The number of rotatable bonds is 11. The van der Waals surface area contributed by atoms with E-state index in [-0.39, 0.29) is 12.7 Å². The average molecular weight is 435 g/mol. The standard InChI is InChI=1S/C26H30N2O4/c1-20-8-5-6-12-25(20)26-14-24(32-27-26)17-28(15-21-9-3-2-4-10-21)16-22(29)18-30-19-23-11-7-13-31-23/h2-13,22,24,29H,14-19H2,1H3/t22-,24-/m1/s1. The van der Waals surface area contributed by atoms with Gasteiger partial charge >= 0.3 is 0 Å². The molecule has 0 unspecified atom stereocenters. The van der Waals surface area contributed by atoms with Gasteiger partial charge in [-0.25, -0.2) is 0 Å². The third kappa shape index (κ3) is 6.29. The molecule has 3 aromatic rings. The fourth-order valence-electron chi connectivity index (χ4n) is 3.96. The number of nitrogens with zero attached hydrogens (tertiary/aromatic N) is 2. The molecule has 0 fully saturated rings. The molecule has 2 atom stereocenters. The molecular weight excluding hydrogens is 404 g/mol. The van der Waals surface area contributed by atoms with E-state index >= 15 is 0 Å². The molecule has 0 aliphatic carbocycles. The lowest BCUT2D eigenvalue weighted by molar-refractivity contribution is -0.00955. The minimum atomic E-state index is -0.619. The van der Waals surface area contributed by atoms with Gasteiger partial charge in [0.25, 0.3) is 0 Å².